The molecule has 0 spiro atoms. The number of nitrogens with zero attached hydrogens (tertiary/aromatic N) is 2. The summed E-state index contributed by atoms with van der Waals surface area (Å²) in [6, 6.07) is 4.55. The van der Waals surface area contributed by atoms with Crippen molar-refractivity contribution in [1.82, 2.24) is 4.98 Å². The third-order valence-electron chi connectivity index (χ3n) is 2.70. The van der Waals surface area contributed by atoms with E-state index in [0.717, 1.165) is 17.2 Å². The molecule has 0 saturated heterocycles. The molecule has 0 saturated carbocycles. The molecule has 0 atom stereocenters. The lowest BCUT2D eigenvalue weighted by Gasteiger charge is -2.03. The summed E-state index contributed by atoms with van der Waals surface area (Å²) in [6.07, 6.45) is 0.881. The van der Waals surface area contributed by atoms with E-state index >= 15 is 0 Å². The number of aryl methyl sites for hydroxylation is 2. The van der Waals surface area contributed by atoms with Crippen LogP contribution in [-0.4, -0.2) is 9.91 Å². The van der Waals surface area contributed by atoms with Crippen LogP contribution < -0.4 is 11.1 Å². The SMILES string of the molecule is CCc1nc(Nc2ccc([N+](=O)[O-])c(N)c2)sc1C. The monoisotopic (exact) mass is 278 g/mol. The number of rotatable bonds is 4. The van der Waals surface area contributed by atoms with Gasteiger partial charge in [-0.05, 0) is 25.5 Å². The van der Waals surface area contributed by atoms with Gasteiger partial charge in [-0.3, -0.25) is 10.1 Å². The number of nitro benzene ring substituents is 1. The Kier molecular flexibility index (Phi) is 3.66. The molecular weight excluding hydrogens is 264 g/mol. The van der Waals surface area contributed by atoms with Crippen molar-refractivity contribution in [1.29, 1.82) is 0 Å². The summed E-state index contributed by atoms with van der Waals surface area (Å²) in [7, 11) is 0. The van der Waals surface area contributed by atoms with Crippen LogP contribution in [0.5, 0.6) is 0 Å². The number of thiazole rings is 1. The van der Waals surface area contributed by atoms with Crippen molar-refractivity contribution < 1.29 is 4.92 Å². The fourth-order valence-corrected chi connectivity index (χ4v) is 2.65. The topological polar surface area (TPSA) is 94.1 Å². The van der Waals surface area contributed by atoms with Crippen molar-refractivity contribution in [3.05, 3.63) is 38.9 Å². The smallest absolute Gasteiger partial charge is 0.292 e. The third-order valence-corrected chi connectivity index (χ3v) is 3.63. The van der Waals surface area contributed by atoms with Gasteiger partial charge in [0.2, 0.25) is 0 Å². The van der Waals surface area contributed by atoms with Crippen LogP contribution in [0.15, 0.2) is 18.2 Å². The molecule has 19 heavy (non-hydrogen) atoms. The lowest BCUT2D eigenvalue weighted by molar-refractivity contribution is -0.383. The molecule has 2 rings (SSSR count). The van der Waals surface area contributed by atoms with Crippen LogP contribution in [0.4, 0.5) is 22.2 Å². The van der Waals surface area contributed by atoms with Gasteiger partial charge in [0.25, 0.3) is 5.69 Å². The molecule has 0 amide bonds. The summed E-state index contributed by atoms with van der Waals surface area (Å²) in [5, 5.41) is 14.6. The van der Waals surface area contributed by atoms with Crippen LogP contribution in [0, 0.1) is 17.0 Å². The average molecular weight is 278 g/mol. The van der Waals surface area contributed by atoms with Gasteiger partial charge in [-0.2, -0.15) is 0 Å². The van der Waals surface area contributed by atoms with Crippen LogP contribution in [0.3, 0.4) is 0 Å². The molecule has 100 valence electrons. The molecule has 0 radical (unpaired) electrons. The van der Waals surface area contributed by atoms with E-state index in [4.69, 9.17) is 5.73 Å². The Morgan fingerprint density at radius 1 is 1.53 bits per heavy atom. The third kappa shape index (κ3) is 2.82. The minimum atomic E-state index is -0.498. The van der Waals surface area contributed by atoms with Gasteiger partial charge >= 0.3 is 0 Å². The van der Waals surface area contributed by atoms with Crippen LogP contribution in [-0.2, 0) is 6.42 Å². The average Bonchev–Trinajstić information content (AvgIpc) is 2.69. The highest BCUT2D eigenvalue weighted by Crippen LogP contribution is 2.29. The van der Waals surface area contributed by atoms with Gasteiger partial charge in [0.1, 0.15) is 5.69 Å². The van der Waals surface area contributed by atoms with E-state index < -0.39 is 4.92 Å². The largest absolute Gasteiger partial charge is 0.393 e. The van der Waals surface area contributed by atoms with E-state index in [1.807, 2.05) is 6.92 Å². The van der Waals surface area contributed by atoms with Crippen LogP contribution >= 0.6 is 11.3 Å². The molecule has 0 aliphatic rings. The Balaban J connectivity index is 2.23. The zero-order valence-electron chi connectivity index (χ0n) is 10.6. The number of anilines is 3. The van der Waals surface area contributed by atoms with E-state index in [1.54, 1.807) is 23.5 Å². The van der Waals surface area contributed by atoms with Crippen molar-refractivity contribution in [2.24, 2.45) is 0 Å². The molecular formula is C12H14N4O2S. The number of hydrogen-bond donors (Lipinski definition) is 2. The van der Waals surface area contributed by atoms with Gasteiger partial charge in [-0.1, -0.05) is 6.92 Å². The van der Waals surface area contributed by atoms with Gasteiger partial charge in [0.15, 0.2) is 5.13 Å². The molecule has 1 aromatic heterocycles. The molecule has 0 unspecified atom stereocenters. The fraction of sp³-hybridized carbons (Fsp3) is 0.250. The standard InChI is InChI=1S/C12H14N4O2S/c1-3-10-7(2)19-12(15-10)14-8-4-5-11(16(17)18)9(13)6-8/h4-6H,3,13H2,1-2H3,(H,14,15). The summed E-state index contributed by atoms with van der Waals surface area (Å²) < 4.78 is 0. The van der Waals surface area contributed by atoms with Crippen LogP contribution in [0.25, 0.3) is 0 Å². The molecule has 3 N–H and O–H groups in total. The van der Waals surface area contributed by atoms with Gasteiger partial charge in [-0.25, -0.2) is 4.98 Å². The quantitative estimate of drug-likeness (QED) is 0.508. The second-order valence-electron chi connectivity index (χ2n) is 4.03. The molecule has 7 heteroatoms. The van der Waals surface area contributed by atoms with Gasteiger partial charge in [-0.15, -0.1) is 11.3 Å². The van der Waals surface area contributed by atoms with E-state index in [2.05, 4.69) is 17.2 Å². The van der Waals surface area contributed by atoms with Crippen molar-refractivity contribution in [2.75, 3.05) is 11.1 Å². The zero-order chi connectivity index (χ0) is 14.0. The predicted octanol–water partition coefficient (Wildman–Crippen LogP) is 3.25. The van der Waals surface area contributed by atoms with Crippen LogP contribution in [0.2, 0.25) is 0 Å². The van der Waals surface area contributed by atoms with E-state index in [0.29, 0.717) is 5.69 Å². The van der Waals surface area contributed by atoms with E-state index in [1.165, 1.54) is 10.9 Å². The minimum absolute atomic E-state index is 0.0879. The molecule has 0 bridgehead atoms. The number of nitrogens with one attached hydrogen (secondary N) is 1. The maximum Gasteiger partial charge on any atom is 0.292 e. The summed E-state index contributed by atoms with van der Waals surface area (Å²) >= 11 is 1.55. The Morgan fingerprint density at radius 2 is 2.26 bits per heavy atom. The van der Waals surface area contributed by atoms with Gasteiger partial charge < -0.3 is 11.1 Å². The lowest BCUT2D eigenvalue weighted by Crippen LogP contribution is -1.97. The van der Waals surface area contributed by atoms with Crippen LogP contribution in [0.1, 0.15) is 17.5 Å². The molecule has 0 fully saturated rings. The maximum atomic E-state index is 10.7. The number of aromatic nitrogens is 1. The second-order valence-corrected chi connectivity index (χ2v) is 5.23. The molecule has 1 heterocycles. The summed E-state index contributed by atoms with van der Waals surface area (Å²) in [5.41, 5.74) is 7.44. The highest BCUT2D eigenvalue weighted by atomic mass is 32.1. The van der Waals surface area contributed by atoms with Gasteiger partial charge in [0.05, 0.1) is 10.6 Å². The number of nitro groups is 1. The van der Waals surface area contributed by atoms with Crippen molar-refractivity contribution in [2.45, 2.75) is 20.3 Å². The molecule has 6 nitrogen and oxygen atoms in total. The number of hydrogen-bond acceptors (Lipinski definition) is 6. The van der Waals surface area contributed by atoms with Crippen molar-refractivity contribution in [3.63, 3.8) is 0 Å². The highest BCUT2D eigenvalue weighted by Gasteiger charge is 2.12. The van der Waals surface area contributed by atoms with E-state index in [-0.39, 0.29) is 11.4 Å². The second kappa shape index (κ2) is 5.23. The first-order valence-electron chi connectivity index (χ1n) is 5.78. The molecule has 2 aromatic rings. The lowest BCUT2D eigenvalue weighted by atomic mass is 10.2. The molecule has 0 aliphatic heterocycles. The van der Waals surface area contributed by atoms with Crippen molar-refractivity contribution in [3.8, 4) is 0 Å². The zero-order valence-corrected chi connectivity index (χ0v) is 11.5. The molecule has 1 aromatic carbocycles. The minimum Gasteiger partial charge on any atom is -0.393 e. The number of benzene rings is 1. The first-order valence-corrected chi connectivity index (χ1v) is 6.60. The summed E-state index contributed by atoms with van der Waals surface area (Å²) in [4.78, 5) is 15.8. The highest BCUT2D eigenvalue weighted by molar-refractivity contribution is 7.15. The first kappa shape index (κ1) is 13.3. The van der Waals surface area contributed by atoms with Crippen molar-refractivity contribution >= 4 is 33.5 Å². The normalized spacial score (nSPS) is 10.4. The predicted molar refractivity (Wildman–Crippen MR) is 77.0 cm³/mol. The Labute approximate surface area is 114 Å². The summed E-state index contributed by atoms with van der Waals surface area (Å²) in [6.45, 7) is 4.07. The summed E-state index contributed by atoms with van der Waals surface area (Å²) in [5.74, 6) is 0. The number of nitrogens with two attached hydrogens (primary N) is 1. The maximum absolute atomic E-state index is 10.7. The van der Waals surface area contributed by atoms with Gasteiger partial charge in [0, 0.05) is 16.6 Å². The molecule has 0 aliphatic carbocycles. The Bertz CT molecular complexity index is 624. The fourth-order valence-electron chi connectivity index (χ4n) is 1.73. The van der Waals surface area contributed by atoms with E-state index in [9.17, 15) is 10.1 Å². The Hall–Kier alpha value is -2.15. The Morgan fingerprint density at radius 3 is 2.79 bits per heavy atom. The number of nitrogen functional groups attached to an aromatic ring is 1. The first-order chi connectivity index (χ1) is 9.01.